The SMILES string of the molecule is COC(=O)c1cc(C(=O)Oc2c(OC)cccc2OC)cc([N+](=O)[O-])c1. The maximum Gasteiger partial charge on any atom is 0.344 e. The fourth-order valence-corrected chi connectivity index (χ4v) is 2.14. The first-order valence-corrected chi connectivity index (χ1v) is 7.22. The third-order valence-electron chi connectivity index (χ3n) is 3.36. The topological polar surface area (TPSA) is 114 Å². The number of methoxy groups -OCH3 is 3. The van der Waals surface area contributed by atoms with E-state index >= 15 is 0 Å². The van der Waals surface area contributed by atoms with Gasteiger partial charge in [0.25, 0.3) is 5.69 Å². The van der Waals surface area contributed by atoms with Crippen molar-refractivity contribution in [2.75, 3.05) is 21.3 Å². The summed E-state index contributed by atoms with van der Waals surface area (Å²) in [4.78, 5) is 34.5. The summed E-state index contributed by atoms with van der Waals surface area (Å²) >= 11 is 0. The van der Waals surface area contributed by atoms with Gasteiger partial charge in [-0.2, -0.15) is 0 Å². The lowest BCUT2D eigenvalue weighted by atomic mass is 10.1. The van der Waals surface area contributed by atoms with E-state index in [1.807, 2.05) is 0 Å². The molecule has 2 rings (SSSR count). The van der Waals surface area contributed by atoms with Crippen LogP contribution in [0.4, 0.5) is 5.69 Å². The smallest absolute Gasteiger partial charge is 0.344 e. The Morgan fingerprint density at radius 3 is 1.92 bits per heavy atom. The lowest BCUT2D eigenvalue weighted by molar-refractivity contribution is -0.384. The summed E-state index contributed by atoms with van der Waals surface area (Å²) in [5, 5.41) is 11.1. The molecule has 0 unspecified atom stereocenters. The molecule has 2 aromatic carbocycles. The molecule has 9 nitrogen and oxygen atoms in total. The van der Waals surface area contributed by atoms with E-state index in [0.29, 0.717) is 0 Å². The fourth-order valence-electron chi connectivity index (χ4n) is 2.14. The average molecular weight is 361 g/mol. The molecule has 0 amide bonds. The maximum absolute atomic E-state index is 12.5. The molecule has 9 heteroatoms. The van der Waals surface area contributed by atoms with E-state index in [0.717, 1.165) is 25.3 Å². The monoisotopic (exact) mass is 361 g/mol. The molecule has 0 saturated carbocycles. The maximum atomic E-state index is 12.5. The zero-order valence-corrected chi connectivity index (χ0v) is 14.2. The van der Waals surface area contributed by atoms with Crippen molar-refractivity contribution in [3.63, 3.8) is 0 Å². The number of non-ortho nitro benzene ring substituents is 1. The van der Waals surface area contributed by atoms with E-state index in [9.17, 15) is 19.7 Å². The number of para-hydroxylation sites is 1. The number of rotatable bonds is 6. The van der Waals surface area contributed by atoms with Gasteiger partial charge in [0, 0.05) is 12.1 Å². The molecular weight excluding hydrogens is 346 g/mol. The predicted molar refractivity (Wildman–Crippen MR) is 88.9 cm³/mol. The molecule has 0 radical (unpaired) electrons. The number of nitro groups is 1. The Labute approximate surface area is 148 Å². The van der Waals surface area contributed by atoms with Crippen LogP contribution in [0, 0.1) is 10.1 Å². The van der Waals surface area contributed by atoms with E-state index < -0.39 is 22.5 Å². The Kier molecular flexibility index (Phi) is 5.74. The lowest BCUT2D eigenvalue weighted by Crippen LogP contribution is -2.12. The lowest BCUT2D eigenvalue weighted by Gasteiger charge is -2.13. The first-order valence-electron chi connectivity index (χ1n) is 7.22. The van der Waals surface area contributed by atoms with Crippen LogP contribution in [-0.4, -0.2) is 38.2 Å². The van der Waals surface area contributed by atoms with E-state index in [1.54, 1.807) is 18.2 Å². The minimum atomic E-state index is -0.929. The molecule has 0 aromatic heterocycles. The van der Waals surface area contributed by atoms with Crippen LogP contribution in [0.25, 0.3) is 0 Å². The Morgan fingerprint density at radius 1 is 0.923 bits per heavy atom. The molecule has 2 aromatic rings. The average Bonchev–Trinajstić information content (AvgIpc) is 2.66. The largest absolute Gasteiger partial charge is 0.493 e. The Hall–Kier alpha value is -3.62. The first-order chi connectivity index (χ1) is 12.4. The molecule has 0 fully saturated rings. The molecule has 0 N–H and O–H groups in total. The minimum Gasteiger partial charge on any atom is -0.493 e. The number of benzene rings is 2. The third kappa shape index (κ3) is 3.89. The van der Waals surface area contributed by atoms with Crippen LogP contribution in [0.2, 0.25) is 0 Å². The Balaban J connectivity index is 2.46. The molecule has 0 spiro atoms. The summed E-state index contributed by atoms with van der Waals surface area (Å²) in [5.41, 5.74) is -0.806. The number of nitro benzene ring substituents is 1. The van der Waals surface area contributed by atoms with Crippen LogP contribution in [-0.2, 0) is 4.74 Å². The van der Waals surface area contributed by atoms with Gasteiger partial charge in [0.15, 0.2) is 11.5 Å². The second-order valence-electron chi connectivity index (χ2n) is 4.90. The van der Waals surface area contributed by atoms with Gasteiger partial charge in [0.2, 0.25) is 5.75 Å². The van der Waals surface area contributed by atoms with Crippen molar-refractivity contribution < 1.29 is 33.5 Å². The van der Waals surface area contributed by atoms with E-state index in [2.05, 4.69) is 4.74 Å². The van der Waals surface area contributed by atoms with Crippen molar-refractivity contribution in [3.8, 4) is 17.2 Å². The van der Waals surface area contributed by atoms with Crippen molar-refractivity contribution in [3.05, 3.63) is 57.6 Å². The quantitative estimate of drug-likeness (QED) is 0.334. The molecule has 0 heterocycles. The van der Waals surface area contributed by atoms with Crippen molar-refractivity contribution in [2.24, 2.45) is 0 Å². The van der Waals surface area contributed by atoms with Crippen LogP contribution in [0.3, 0.4) is 0 Å². The standard InChI is InChI=1S/C17H15NO8/c1-23-13-5-4-6-14(24-2)15(13)26-17(20)11-7-10(16(19)25-3)8-12(9-11)18(21)22/h4-9H,1-3H3. The molecule has 136 valence electrons. The summed E-state index contributed by atoms with van der Waals surface area (Å²) in [6, 6.07) is 7.89. The second-order valence-corrected chi connectivity index (χ2v) is 4.90. The van der Waals surface area contributed by atoms with Gasteiger partial charge in [0.1, 0.15) is 0 Å². The van der Waals surface area contributed by atoms with Gasteiger partial charge in [-0.3, -0.25) is 10.1 Å². The number of hydrogen-bond donors (Lipinski definition) is 0. The van der Waals surface area contributed by atoms with Crippen LogP contribution in [0.1, 0.15) is 20.7 Å². The molecule has 0 bridgehead atoms. The van der Waals surface area contributed by atoms with Crippen molar-refractivity contribution in [2.45, 2.75) is 0 Å². The van der Waals surface area contributed by atoms with Crippen LogP contribution < -0.4 is 14.2 Å². The molecule has 0 aliphatic heterocycles. The highest BCUT2D eigenvalue weighted by atomic mass is 16.6. The van der Waals surface area contributed by atoms with Gasteiger partial charge < -0.3 is 18.9 Å². The van der Waals surface area contributed by atoms with E-state index in [-0.39, 0.29) is 28.4 Å². The molecule has 0 aliphatic rings. The molecule has 0 atom stereocenters. The summed E-state index contributed by atoms with van der Waals surface area (Å²) in [7, 11) is 3.89. The zero-order valence-electron chi connectivity index (χ0n) is 14.2. The number of carbonyl (C=O) groups is 2. The number of esters is 2. The Bertz CT molecular complexity index is 840. The normalized spacial score (nSPS) is 9.96. The zero-order chi connectivity index (χ0) is 19.3. The summed E-state index contributed by atoms with van der Waals surface area (Å²) < 4.78 is 20.1. The highest BCUT2D eigenvalue weighted by Crippen LogP contribution is 2.37. The van der Waals surface area contributed by atoms with Crippen molar-refractivity contribution in [1.29, 1.82) is 0 Å². The first kappa shape index (κ1) is 18.7. The number of ether oxygens (including phenoxy) is 4. The number of carbonyl (C=O) groups excluding carboxylic acids is 2. The van der Waals surface area contributed by atoms with Gasteiger partial charge in [0.05, 0.1) is 37.4 Å². The predicted octanol–water partition coefficient (Wildman–Crippen LogP) is 2.62. The van der Waals surface area contributed by atoms with Gasteiger partial charge in [-0.1, -0.05) is 6.07 Å². The molecule has 0 saturated heterocycles. The summed E-state index contributed by atoms with van der Waals surface area (Å²) in [6.07, 6.45) is 0. The summed E-state index contributed by atoms with van der Waals surface area (Å²) in [5.74, 6) is -1.28. The van der Waals surface area contributed by atoms with Crippen molar-refractivity contribution >= 4 is 17.6 Å². The third-order valence-corrected chi connectivity index (χ3v) is 3.36. The second kappa shape index (κ2) is 7.97. The van der Waals surface area contributed by atoms with E-state index in [4.69, 9.17) is 14.2 Å². The van der Waals surface area contributed by atoms with Gasteiger partial charge in [-0.05, 0) is 18.2 Å². The molecular formula is C17H15NO8. The van der Waals surface area contributed by atoms with Gasteiger partial charge in [-0.15, -0.1) is 0 Å². The van der Waals surface area contributed by atoms with Crippen molar-refractivity contribution in [1.82, 2.24) is 0 Å². The van der Waals surface area contributed by atoms with Gasteiger partial charge >= 0.3 is 11.9 Å². The minimum absolute atomic E-state index is 0.00799. The van der Waals surface area contributed by atoms with Crippen LogP contribution in [0.15, 0.2) is 36.4 Å². The van der Waals surface area contributed by atoms with Crippen LogP contribution in [0.5, 0.6) is 17.2 Å². The number of hydrogen-bond acceptors (Lipinski definition) is 8. The highest BCUT2D eigenvalue weighted by molar-refractivity contribution is 5.97. The van der Waals surface area contributed by atoms with Crippen LogP contribution >= 0.6 is 0 Å². The van der Waals surface area contributed by atoms with E-state index in [1.165, 1.54) is 14.2 Å². The Morgan fingerprint density at radius 2 is 1.46 bits per heavy atom. The van der Waals surface area contributed by atoms with Gasteiger partial charge in [-0.25, -0.2) is 9.59 Å². The molecule has 26 heavy (non-hydrogen) atoms. The highest BCUT2D eigenvalue weighted by Gasteiger charge is 2.22. The fraction of sp³-hybridized carbons (Fsp3) is 0.176. The number of nitrogens with zero attached hydrogens (tertiary/aromatic N) is 1. The summed E-state index contributed by atoms with van der Waals surface area (Å²) in [6.45, 7) is 0. The molecule has 0 aliphatic carbocycles.